The number of hydrogen-bond donors (Lipinski definition) is 0. The fourth-order valence-corrected chi connectivity index (χ4v) is 2.59. The van der Waals surface area contributed by atoms with Crippen LogP contribution in [0.15, 0.2) is 84.5 Å². The Morgan fingerprint density at radius 1 is 1.17 bits per heavy atom. The monoisotopic (exact) mass is 336 g/mol. The lowest BCUT2D eigenvalue weighted by Crippen LogP contribution is -2.02. The molecule has 0 aromatic heterocycles. The minimum Gasteiger partial charge on any atom is -0.488 e. The van der Waals surface area contributed by atoms with Gasteiger partial charge in [0.05, 0.1) is 5.56 Å². The Hall–Kier alpha value is -2.58. The van der Waals surface area contributed by atoms with Crippen molar-refractivity contribution >= 4 is 17.4 Å². The lowest BCUT2D eigenvalue weighted by Gasteiger charge is -2.10. The van der Waals surface area contributed by atoms with Gasteiger partial charge in [0, 0.05) is 5.02 Å². The quantitative estimate of drug-likeness (QED) is 0.511. The molecule has 0 N–H and O–H groups in total. The molecule has 0 unspecified atom stereocenters. The van der Waals surface area contributed by atoms with E-state index in [1.165, 1.54) is 0 Å². The normalized spacial score (nSPS) is 13.3. The van der Waals surface area contributed by atoms with E-state index >= 15 is 0 Å². The summed E-state index contributed by atoms with van der Waals surface area (Å²) in [6.07, 6.45) is 10.3. The number of carbonyl (C=O) groups excluding carboxylic acids is 1. The number of ether oxygens (including phenoxy) is 1. The molecule has 0 atom stereocenters. The number of allylic oxidation sites excluding steroid dienone is 6. The van der Waals surface area contributed by atoms with Crippen LogP contribution < -0.4 is 4.74 Å². The van der Waals surface area contributed by atoms with Gasteiger partial charge in [-0.2, -0.15) is 0 Å². The third kappa shape index (κ3) is 4.24. The first-order valence-electron chi connectivity index (χ1n) is 7.77. The van der Waals surface area contributed by atoms with Crippen LogP contribution in [0.5, 0.6) is 5.75 Å². The molecule has 3 rings (SSSR count). The van der Waals surface area contributed by atoms with Crippen LogP contribution in [0.3, 0.4) is 0 Å². The summed E-state index contributed by atoms with van der Waals surface area (Å²) < 4.78 is 5.83. The molecule has 0 fully saturated rings. The summed E-state index contributed by atoms with van der Waals surface area (Å²) in [6.45, 7) is 0.404. The van der Waals surface area contributed by atoms with Crippen LogP contribution in [-0.2, 0) is 6.61 Å². The van der Waals surface area contributed by atoms with Crippen LogP contribution in [0.2, 0.25) is 5.02 Å². The topological polar surface area (TPSA) is 26.3 Å². The molecule has 0 spiro atoms. The first kappa shape index (κ1) is 16.3. The van der Waals surface area contributed by atoms with Crippen molar-refractivity contribution in [3.63, 3.8) is 0 Å². The Balaban J connectivity index is 1.76. The highest BCUT2D eigenvalue weighted by Gasteiger charge is 2.12. The summed E-state index contributed by atoms with van der Waals surface area (Å²) >= 11 is 6.05. The van der Waals surface area contributed by atoms with Crippen molar-refractivity contribution in [2.75, 3.05) is 0 Å². The second-order valence-electron chi connectivity index (χ2n) is 5.49. The van der Waals surface area contributed by atoms with Gasteiger partial charge in [0.1, 0.15) is 12.4 Å². The average Bonchev–Trinajstić information content (AvgIpc) is 3.13. The van der Waals surface area contributed by atoms with Crippen molar-refractivity contribution in [1.29, 1.82) is 0 Å². The van der Waals surface area contributed by atoms with Crippen molar-refractivity contribution in [3.8, 4) is 5.75 Å². The van der Waals surface area contributed by atoms with Crippen LogP contribution in [0.4, 0.5) is 0 Å². The zero-order valence-corrected chi connectivity index (χ0v) is 13.9. The highest BCUT2D eigenvalue weighted by atomic mass is 35.5. The van der Waals surface area contributed by atoms with Crippen molar-refractivity contribution in [2.24, 2.45) is 0 Å². The van der Waals surface area contributed by atoms with Gasteiger partial charge in [-0.3, -0.25) is 4.79 Å². The molecule has 0 saturated carbocycles. The van der Waals surface area contributed by atoms with Crippen LogP contribution in [0, 0.1) is 0 Å². The summed E-state index contributed by atoms with van der Waals surface area (Å²) in [7, 11) is 0. The molecule has 1 aliphatic carbocycles. The Morgan fingerprint density at radius 2 is 2.00 bits per heavy atom. The van der Waals surface area contributed by atoms with E-state index in [0.29, 0.717) is 22.9 Å². The molecule has 120 valence electrons. The minimum absolute atomic E-state index is 0.117. The molecule has 0 saturated heterocycles. The number of rotatable bonds is 6. The number of benzene rings is 2. The van der Waals surface area contributed by atoms with Gasteiger partial charge in [0.25, 0.3) is 0 Å². The fraction of sp³-hybridized carbons (Fsp3) is 0.0952. The van der Waals surface area contributed by atoms with Gasteiger partial charge in [-0.1, -0.05) is 66.2 Å². The standard InChI is InChI=1S/C21H17ClO2/c22-18-11-13-21(24-15-17-8-2-1-3-9-17)19(14-18)20(23)12-10-16-6-4-5-7-16/h1-6,8-14H,7,15H2/b12-10+. The Kier molecular flexibility index (Phi) is 5.29. The lowest BCUT2D eigenvalue weighted by molar-refractivity contribution is 0.104. The van der Waals surface area contributed by atoms with Crippen molar-refractivity contribution in [2.45, 2.75) is 13.0 Å². The fourth-order valence-electron chi connectivity index (χ4n) is 2.42. The molecule has 0 amide bonds. The summed E-state index contributed by atoms with van der Waals surface area (Å²) in [4.78, 5) is 12.5. The van der Waals surface area contributed by atoms with Gasteiger partial charge in [-0.05, 0) is 41.8 Å². The average molecular weight is 337 g/mol. The maximum atomic E-state index is 12.5. The number of ketones is 1. The second-order valence-corrected chi connectivity index (χ2v) is 5.92. The summed E-state index contributed by atoms with van der Waals surface area (Å²) in [5, 5.41) is 0.514. The van der Waals surface area contributed by atoms with Crippen LogP contribution in [0.1, 0.15) is 22.3 Å². The summed E-state index contributed by atoms with van der Waals surface area (Å²) in [6, 6.07) is 15.0. The first-order chi connectivity index (χ1) is 11.7. The smallest absolute Gasteiger partial charge is 0.189 e. The van der Waals surface area contributed by atoms with E-state index < -0.39 is 0 Å². The van der Waals surface area contributed by atoms with E-state index in [0.717, 1.165) is 17.6 Å². The Bertz CT molecular complexity index is 817. The van der Waals surface area contributed by atoms with Gasteiger partial charge in [0.2, 0.25) is 0 Å². The number of halogens is 1. The van der Waals surface area contributed by atoms with E-state index in [4.69, 9.17) is 16.3 Å². The predicted octanol–water partition coefficient (Wildman–Crippen LogP) is 5.54. The molecule has 1 aliphatic rings. The molecule has 0 bridgehead atoms. The van der Waals surface area contributed by atoms with Gasteiger partial charge in [0.15, 0.2) is 5.78 Å². The highest BCUT2D eigenvalue weighted by molar-refractivity contribution is 6.31. The number of carbonyl (C=O) groups is 1. The maximum absolute atomic E-state index is 12.5. The molecule has 0 heterocycles. The zero-order chi connectivity index (χ0) is 16.8. The SMILES string of the molecule is O=C(/C=C/C1=CC=CC1)c1cc(Cl)ccc1OCc1ccccc1. The second kappa shape index (κ2) is 7.80. The molecular weight excluding hydrogens is 320 g/mol. The molecule has 3 heteroatoms. The van der Waals surface area contributed by atoms with Gasteiger partial charge >= 0.3 is 0 Å². The maximum Gasteiger partial charge on any atom is 0.189 e. The van der Waals surface area contributed by atoms with Crippen molar-refractivity contribution in [1.82, 2.24) is 0 Å². The largest absolute Gasteiger partial charge is 0.488 e. The van der Waals surface area contributed by atoms with E-state index in [1.54, 1.807) is 24.3 Å². The van der Waals surface area contributed by atoms with Crippen LogP contribution in [0.25, 0.3) is 0 Å². The Labute approximate surface area is 146 Å². The molecule has 24 heavy (non-hydrogen) atoms. The molecule has 0 radical (unpaired) electrons. The van der Waals surface area contributed by atoms with Crippen LogP contribution in [-0.4, -0.2) is 5.78 Å². The third-order valence-corrected chi connectivity index (χ3v) is 3.93. The molecule has 2 aromatic rings. The molecular formula is C21H17ClO2. The molecule has 2 aromatic carbocycles. The molecule has 2 nitrogen and oxygen atoms in total. The highest BCUT2D eigenvalue weighted by Crippen LogP contribution is 2.25. The Morgan fingerprint density at radius 3 is 2.75 bits per heavy atom. The predicted molar refractivity (Wildman–Crippen MR) is 97.5 cm³/mol. The van der Waals surface area contributed by atoms with Gasteiger partial charge in [-0.25, -0.2) is 0 Å². The van der Waals surface area contributed by atoms with E-state index in [2.05, 4.69) is 6.08 Å². The van der Waals surface area contributed by atoms with Crippen molar-refractivity contribution < 1.29 is 9.53 Å². The number of hydrogen-bond acceptors (Lipinski definition) is 2. The van der Waals surface area contributed by atoms with E-state index in [-0.39, 0.29) is 5.78 Å². The first-order valence-corrected chi connectivity index (χ1v) is 8.14. The van der Waals surface area contributed by atoms with Gasteiger partial charge in [-0.15, -0.1) is 0 Å². The minimum atomic E-state index is -0.117. The summed E-state index contributed by atoms with van der Waals surface area (Å²) in [5.74, 6) is 0.421. The van der Waals surface area contributed by atoms with Crippen molar-refractivity contribution in [3.05, 3.63) is 101 Å². The van der Waals surface area contributed by atoms with Gasteiger partial charge < -0.3 is 4.74 Å². The lowest BCUT2D eigenvalue weighted by atomic mass is 10.1. The van der Waals surface area contributed by atoms with Crippen LogP contribution >= 0.6 is 11.6 Å². The van der Waals surface area contributed by atoms with E-state index in [1.807, 2.05) is 48.6 Å². The summed E-state index contributed by atoms with van der Waals surface area (Å²) in [5.41, 5.74) is 2.63. The zero-order valence-electron chi connectivity index (χ0n) is 13.1. The third-order valence-electron chi connectivity index (χ3n) is 3.69. The van der Waals surface area contributed by atoms with E-state index in [9.17, 15) is 4.79 Å². The molecule has 0 aliphatic heterocycles.